The molecule has 3 aromatic heterocycles. The molecule has 0 radical (unpaired) electrons. The van der Waals surface area contributed by atoms with Gasteiger partial charge >= 0.3 is 0 Å². The summed E-state index contributed by atoms with van der Waals surface area (Å²) in [6.45, 7) is 0. The van der Waals surface area contributed by atoms with Gasteiger partial charge in [0, 0.05) is 6.20 Å². The van der Waals surface area contributed by atoms with E-state index in [4.69, 9.17) is 10.2 Å². The number of nitrogens with two attached hydrogens (primary N) is 1. The lowest BCUT2D eigenvalue weighted by Gasteiger charge is -1.92. The molecule has 0 amide bonds. The summed E-state index contributed by atoms with van der Waals surface area (Å²) >= 11 is 0. The molecule has 0 bridgehead atoms. The van der Waals surface area contributed by atoms with Crippen LogP contribution in [0, 0.1) is 0 Å². The Bertz CT molecular complexity index is 612. The first-order valence-corrected chi connectivity index (χ1v) is 4.95. The highest BCUT2D eigenvalue weighted by atomic mass is 16.3. The van der Waals surface area contributed by atoms with Crippen molar-refractivity contribution in [2.24, 2.45) is 0 Å². The van der Waals surface area contributed by atoms with Gasteiger partial charge in [0.1, 0.15) is 5.76 Å². The highest BCUT2D eigenvalue weighted by Gasteiger charge is 2.07. The van der Waals surface area contributed by atoms with E-state index in [9.17, 15) is 0 Å². The van der Waals surface area contributed by atoms with Crippen molar-refractivity contribution in [3.63, 3.8) is 0 Å². The zero-order valence-electron chi connectivity index (χ0n) is 8.50. The molecule has 0 spiro atoms. The van der Waals surface area contributed by atoms with Gasteiger partial charge in [-0.2, -0.15) is 5.10 Å². The summed E-state index contributed by atoms with van der Waals surface area (Å²) in [6.07, 6.45) is 4.04. The van der Waals surface area contributed by atoms with Gasteiger partial charge in [-0.3, -0.25) is 0 Å². The van der Waals surface area contributed by atoms with Gasteiger partial charge in [-0.05, 0) is 24.3 Å². The number of hydrogen-bond acceptors (Lipinski definition) is 4. The fraction of sp³-hybridized carbons (Fsp3) is 0.0909. The zero-order valence-corrected chi connectivity index (χ0v) is 8.50. The fourth-order valence-corrected chi connectivity index (χ4v) is 1.61. The molecule has 0 aliphatic heterocycles. The molecular formula is C11H10N4O. The summed E-state index contributed by atoms with van der Waals surface area (Å²) < 4.78 is 6.92. The third-order valence-corrected chi connectivity index (χ3v) is 2.35. The van der Waals surface area contributed by atoms with E-state index >= 15 is 0 Å². The Balaban J connectivity index is 2.02. The summed E-state index contributed by atoms with van der Waals surface area (Å²) in [4.78, 5) is 4.35. The molecule has 0 aliphatic rings. The fourth-order valence-electron chi connectivity index (χ4n) is 1.61. The maximum Gasteiger partial charge on any atom is 0.178 e. The molecule has 0 fully saturated rings. The molecule has 0 aromatic carbocycles. The predicted octanol–water partition coefficient (Wildman–Crippen LogP) is 1.50. The third-order valence-electron chi connectivity index (χ3n) is 2.35. The highest BCUT2D eigenvalue weighted by Crippen LogP contribution is 2.12. The summed E-state index contributed by atoms with van der Waals surface area (Å²) in [5, 5.41) is 4.31. The lowest BCUT2D eigenvalue weighted by atomic mass is 10.3. The minimum absolute atomic E-state index is 0.578. The Kier molecular flexibility index (Phi) is 1.89. The SMILES string of the molecule is Nc1cccn2nc(Cc3ccco3)nc12. The molecule has 3 rings (SSSR count). The van der Waals surface area contributed by atoms with Crippen molar-refractivity contribution in [2.75, 3.05) is 5.73 Å². The Labute approximate surface area is 91.5 Å². The van der Waals surface area contributed by atoms with Crippen LogP contribution in [0.25, 0.3) is 5.65 Å². The predicted molar refractivity (Wildman–Crippen MR) is 58.9 cm³/mol. The van der Waals surface area contributed by atoms with Crippen LogP contribution in [0.3, 0.4) is 0 Å². The summed E-state index contributed by atoms with van der Waals surface area (Å²) in [7, 11) is 0. The van der Waals surface area contributed by atoms with Crippen LogP contribution in [-0.4, -0.2) is 14.6 Å². The molecule has 0 saturated heterocycles. The third kappa shape index (κ3) is 1.42. The molecule has 0 atom stereocenters. The van der Waals surface area contributed by atoms with E-state index in [-0.39, 0.29) is 0 Å². The number of hydrogen-bond donors (Lipinski definition) is 1. The molecule has 5 heteroatoms. The number of nitrogens with zero attached hydrogens (tertiary/aromatic N) is 3. The van der Waals surface area contributed by atoms with Crippen LogP contribution in [0.15, 0.2) is 41.1 Å². The number of anilines is 1. The second kappa shape index (κ2) is 3.37. The minimum Gasteiger partial charge on any atom is -0.469 e. The maximum absolute atomic E-state index is 5.80. The van der Waals surface area contributed by atoms with Crippen molar-refractivity contribution in [3.8, 4) is 0 Å². The van der Waals surface area contributed by atoms with Gasteiger partial charge in [0.05, 0.1) is 18.4 Å². The average molecular weight is 214 g/mol. The van der Waals surface area contributed by atoms with Crippen LogP contribution in [0.1, 0.15) is 11.6 Å². The van der Waals surface area contributed by atoms with Crippen LogP contribution >= 0.6 is 0 Å². The monoisotopic (exact) mass is 214 g/mol. The van der Waals surface area contributed by atoms with Gasteiger partial charge in [-0.25, -0.2) is 9.50 Å². The smallest absolute Gasteiger partial charge is 0.178 e. The van der Waals surface area contributed by atoms with E-state index in [1.165, 1.54) is 0 Å². The van der Waals surface area contributed by atoms with Crippen molar-refractivity contribution in [1.29, 1.82) is 0 Å². The standard InChI is InChI=1S/C11H10N4O/c12-9-4-1-5-15-11(9)13-10(14-15)7-8-3-2-6-16-8/h1-6H,7,12H2. The van der Waals surface area contributed by atoms with Crippen LogP contribution < -0.4 is 5.73 Å². The van der Waals surface area contributed by atoms with Gasteiger partial charge in [-0.1, -0.05) is 0 Å². The molecule has 2 N–H and O–H groups in total. The van der Waals surface area contributed by atoms with E-state index in [1.54, 1.807) is 16.8 Å². The van der Waals surface area contributed by atoms with Crippen molar-refractivity contribution in [2.45, 2.75) is 6.42 Å². The van der Waals surface area contributed by atoms with E-state index < -0.39 is 0 Å². The molecule has 5 nitrogen and oxygen atoms in total. The number of fused-ring (bicyclic) bond motifs is 1. The van der Waals surface area contributed by atoms with E-state index in [0.29, 0.717) is 23.6 Å². The summed E-state index contributed by atoms with van der Waals surface area (Å²) in [5.74, 6) is 1.54. The van der Waals surface area contributed by atoms with E-state index in [0.717, 1.165) is 5.76 Å². The Hall–Kier alpha value is -2.30. The molecule has 16 heavy (non-hydrogen) atoms. The Morgan fingerprint density at radius 1 is 1.31 bits per heavy atom. The van der Waals surface area contributed by atoms with Gasteiger partial charge < -0.3 is 10.2 Å². The Morgan fingerprint density at radius 3 is 3.00 bits per heavy atom. The summed E-state index contributed by atoms with van der Waals surface area (Å²) in [5.41, 5.74) is 7.11. The van der Waals surface area contributed by atoms with Crippen molar-refractivity contribution in [3.05, 3.63) is 48.3 Å². The molecule has 0 aliphatic carbocycles. The average Bonchev–Trinajstić information content (AvgIpc) is 2.88. The quantitative estimate of drug-likeness (QED) is 0.701. The molecule has 0 saturated carbocycles. The number of aromatic nitrogens is 3. The van der Waals surface area contributed by atoms with Crippen LogP contribution in [0.2, 0.25) is 0 Å². The first kappa shape index (κ1) is 8.96. The topological polar surface area (TPSA) is 69.3 Å². The van der Waals surface area contributed by atoms with Gasteiger partial charge in [0.25, 0.3) is 0 Å². The maximum atomic E-state index is 5.80. The minimum atomic E-state index is 0.578. The van der Waals surface area contributed by atoms with Crippen LogP contribution in [0.4, 0.5) is 5.69 Å². The Morgan fingerprint density at radius 2 is 2.25 bits per heavy atom. The molecule has 3 heterocycles. The van der Waals surface area contributed by atoms with Gasteiger partial charge in [-0.15, -0.1) is 0 Å². The largest absolute Gasteiger partial charge is 0.469 e. The van der Waals surface area contributed by atoms with Crippen molar-refractivity contribution in [1.82, 2.24) is 14.6 Å². The van der Waals surface area contributed by atoms with Crippen LogP contribution in [0.5, 0.6) is 0 Å². The lowest BCUT2D eigenvalue weighted by molar-refractivity contribution is 0.517. The second-order valence-corrected chi connectivity index (χ2v) is 3.52. The lowest BCUT2D eigenvalue weighted by Crippen LogP contribution is -1.92. The van der Waals surface area contributed by atoms with Crippen molar-refractivity contribution >= 4 is 11.3 Å². The molecule has 0 unspecified atom stereocenters. The number of rotatable bonds is 2. The number of furan rings is 1. The first-order valence-electron chi connectivity index (χ1n) is 4.95. The summed E-state index contributed by atoms with van der Waals surface area (Å²) in [6, 6.07) is 7.39. The van der Waals surface area contributed by atoms with E-state index in [1.807, 2.05) is 24.4 Å². The van der Waals surface area contributed by atoms with E-state index in [2.05, 4.69) is 10.1 Å². The van der Waals surface area contributed by atoms with Gasteiger partial charge in [0.2, 0.25) is 0 Å². The first-order chi connectivity index (χ1) is 7.83. The number of pyridine rings is 1. The highest BCUT2D eigenvalue weighted by molar-refractivity contribution is 5.63. The van der Waals surface area contributed by atoms with Crippen LogP contribution in [-0.2, 0) is 6.42 Å². The number of nitrogen functional groups attached to an aromatic ring is 1. The normalized spacial score (nSPS) is 11.0. The zero-order chi connectivity index (χ0) is 11.0. The molecule has 80 valence electrons. The second-order valence-electron chi connectivity index (χ2n) is 3.52. The molecule has 3 aromatic rings. The molecular weight excluding hydrogens is 204 g/mol. The van der Waals surface area contributed by atoms with Crippen molar-refractivity contribution < 1.29 is 4.42 Å². The van der Waals surface area contributed by atoms with Gasteiger partial charge in [0.15, 0.2) is 11.5 Å².